The molecule has 1 aliphatic heterocycles. The van der Waals surface area contributed by atoms with Gasteiger partial charge >= 0.3 is 0 Å². The highest BCUT2D eigenvalue weighted by atomic mass is 16.5. The molecule has 0 N–H and O–H groups in total. The maximum Gasteiger partial charge on any atom is 0.153 e. The summed E-state index contributed by atoms with van der Waals surface area (Å²) in [6, 6.07) is 15.0. The van der Waals surface area contributed by atoms with E-state index >= 15 is 0 Å². The molecule has 3 nitrogen and oxygen atoms in total. The highest BCUT2D eigenvalue weighted by Crippen LogP contribution is 2.56. The first-order valence-electron chi connectivity index (χ1n) is 13.8. The molecule has 2 aliphatic rings. The molecule has 2 aromatic carbocycles. The number of unbranched alkanes of at least 4 members (excludes halogenated alkanes) is 3. The number of rotatable bonds is 9. The SMILES string of the molecule is [C-]#[N+]/C=C1\CC[C@@H]2[C@@H](C1)c1c(OCc3ccccc3)cc(C(C)(C)CCCCCC)cc1OC2(C)C. The minimum atomic E-state index is -0.248. The predicted octanol–water partition coefficient (Wildman–Crippen LogP) is 9.37. The van der Waals surface area contributed by atoms with Gasteiger partial charge in [-0.3, -0.25) is 0 Å². The summed E-state index contributed by atoms with van der Waals surface area (Å²) >= 11 is 0. The van der Waals surface area contributed by atoms with Gasteiger partial charge in [0.1, 0.15) is 23.7 Å². The summed E-state index contributed by atoms with van der Waals surface area (Å²) in [7, 11) is 0. The van der Waals surface area contributed by atoms with Crippen molar-refractivity contribution in [1.29, 1.82) is 0 Å². The molecule has 3 heteroatoms. The molecule has 2 atom stereocenters. The van der Waals surface area contributed by atoms with Crippen molar-refractivity contribution in [3.05, 3.63) is 82.3 Å². The van der Waals surface area contributed by atoms with Gasteiger partial charge in [-0.25, -0.2) is 4.85 Å². The molecule has 1 aliphatic carbocycles. The number of fused-ring (bicyclic) bond motifs is 3. The van der Waals surface area contributed by atoms with Crippen molar-refractivity contribution in [2.75, 3.05) is 0 Å². The van der Waals surface area contributed by atoms with Gasteiger partial charge in [-0.1, -0.05) is 82.4 Å². The minimum absolute atomic E-state index is 0.0414. The van der Waals surface area contributed by atoms with E-state index in [0.29, 0.717) is 18.4 Å². The number of hydrogen-bond donors (Lipinski definition) is 0. The molecule has 0 amide bonds. The standard InChI is InChI=1S/C33H43NO2/c1-7-8-9-13-18-32(2,3)26-20-29(35-23-24-14-11-10-12-15-24)31-27-19-25(22-34-6)16-17-28(27)33(4,5)36-30(31)21-26/h10-12,14-15,20-22,27-28H,7-9,13,16-19,23H2,1-5H3/b25-22+/t27-,28-/m1/s1. The van der Waals surface area contributed by atoms with E-state index in [-0.39, 0.29) is 11.0 Å². The van der Waals surface area contributed by atoms with Gasteiger partial charge in [0.25, 0.3) is 0 Å². The molecule has 1 saturated carbocycles. The lowest BCUT2D eigenvalue weighted by molar-refractivity contribution is -0.00138. The summed E-state index contributed by atoms with van der Waals surface area (Å²) in [5, 5.41) is 0. The number of nitrogens with zero attached hydrogens (tertiary/aromatic N) is 1. The van der Waals surface area contributed by atoms with E-state index in [4.69, 9.17) is 16.0 Å². The molecule has 0 saturated heterocycles. The van der Waals surface area contributed by atoms with Gasteiger partial charge in [0.05, 0.1) is 6.57 Å². The summed E-state index contributed by atoms with van der Waals surface area (Å²) in [6.07, 6.45) is 10.9. The molecule has 0 spiro atoms. The van der Waals surface area contributed by atoms with Gasteiger partial charge in [-0.15, -0.1) is 0 Å². The Balaban J connectivity index is 1.75. The third-order valence-electron chi connectivity index (χ3n) is 8.41. The van der Waals surface area contributed by atoms with Gasteiger partial charge in [-0.2, -0.15) is 0 Å². The zero-order valence-corrected chi connectivity index (χ0v) is 22.9. The lowest BCUT2D eigenvalue weighted by Crippen LogP contribution is -2.46. The lowest BCUT2D eigenvalue weighted by Gasteiger charge is -2.48. The van der Waals surface area contributed by atoms with E-state index in [1.54, 1.807) is 6.20 Å². The Kier molecular flexibility index (Phi) is 8.13. The van der Waals surface area contributed by atoms with Crippen molar-refractivity contribution < 1.29 is 9.47 Å². The van der Waals surface area contributed by atoms with Crippen LogP contribution in [-0.4, -0.2) is 5.60 Å². The van der Waals surface area contributed by atoms with E-state index < -0.39 is 0 Å². The second-order valence-corrected chi connectivity index (χ2v) is 11.9. The highest BCUT2D eigenvalue weighted by Gasteiger charge is 2.47. The average Bonchev–Trinajstić information content (AvgIpc) is 2.85. The Labute approximate surface area is 218 Å². The molecule has 192 valence electrons. The van der Waals surface area contributed by atoms with Gasteiger partial charge in [-0.05, 0) is 68.2 Å². The Morgan fingerprint density at radius 2 is 1.92 bits per heavy atom. The first kappa shape index (κ1) is 26.3. The molecular formula is C33H43NO2. The van der Waals surface area contributed by atoms with Crippen molar-refractivity contribution in [2.24, 2.45) is 5.92 Å². The third-order valence-corrected chi connectivity index (χ3v) is 8.41. The van der Waals surface area contributed by atoms with Crippen LogP contribution in [0.3, 0.4) is 0 Å². The molecule has 36 heavy (non-hydrogen) atoms. The number of hydrogen-bond acceptors (Lipinski definition) is 2. The van der Waals surface area contributed by atoms with Crippen LogP contribution < -0.4 is 9.47 Å². The van der Waals surface area contributed by atoms with Crippen LogP contribution in [0.4, 0.5) is 0 Å². The maximum absolute atomic E-state index is 7.38. The van der Waals surface area contributed by atoms with E-state index in [1.165, 1.54) is 47.9 Å². The topological polar surface area (TPSA) is 22.8 Å². The van der Waals surface area contributed by atoms with Crippen LogP contribution in [0.5, 0.6) is 11.5 Å². The second kappa shape index (κ2) is 11.1. The Morgan fingerprint density at radius 1 is 1.14 bits per heavy atom. The van der Waals surface area contributed by atoms with Gasteiger partial charge in [0.15, 0.2) is 6.20 Å². The van der Waals surface area contributed by atoms with Crippen molar-refractivity contribution in [2.45, 2.75) is 110 Å². The fourth-order valence-corrected chi connectivity index (χ4v) is 6.21. The van der Waals surface area contributed by atoms with E-state index in [9.17, 15) is 0 Å². The average molecular weight is 486 g/mol. The molecule has 4 rings (SSSR count). The van der Waals surface area contributed by atoms with Crippen LogP contribution in [0.1, 0.15) is 109 Å². The molecule has 0 aromatic heterocycles. The van der Waals surface area contributed by atoms with Crippen LogP contribution in [0.25, 0.3) is 4.85 Å². The van der Waals surface area contributed by atoms with Crippen LogP contribution in [0.15, 0.2) is 54.2 Å². The third kappa shape index (κ3) is 5.80. The first-order valence-corrected chi connectivity index (χ1v) is 13.8. The molecule has 0 bridgehead atoms. The predicted molar refractivity (Wildman–Crippen MR) is 148 cm³/mol. The molecule has 0 radical (unpaired) electrons. The zero-order valence-electron chi connectivity index (χ0n) is 22.9. The van der Waals surface area contributed by atoms with E-state index in [1.807, 2.05) is 6.07 Å². The summed E-state index contributed by atoms with van der Waals surface area (Å²) in [6.45, 7) is 19.4. The maximum atomic E-state index is 7.38. The Hall–Kier alpha value is -2.73. The Bertz CT molecular complexity index is 1110. The van der Waals surface area contributed by atoms with Crippen LogP contribution in [0.2, 0.25) is 0 Å². The monoisotopic (exact) mass is 485 g/mol. The Morgan fingerprint density at radius 3 is 2.64 bits per heavy atom. The van der Waals surface area contributed by atoms with Gasteiger partial charge < -0.3 is 9.47 Å². The minimum Gasteiger partial charge on any atom is -0.488 e. The molecule has 0 unspecified atom stereocenters. The number of benzene rings is 2. The van der Waals surface area contributed by atoms with Crippen LogP contribution >= 0.6 is 0 Å². The molecular weight excluding hydrogens is 442 g/mol. The van der Waals surface area contributed by atoms with Crippen molar-refractivity contribution in [3.63, 3.8) is 0 Å². The zero-order chi connectivity index (χ0) is 25.8. The smallest absolute Gasteiger partial charge is 0.153 e. The lowest BCUT2D eigenvalue weighted by atomic mass is 9.65. The number of ether oxygens (including phenoxy) is 2. The fraction of sp³-hybridized carbons (Fsp3) is 0.545. The van der Waals surface area contributed by atoms with E-state index in [2.05, 4.69) is 75.9 Å². The van der Waals surface area contributed by atoms with Crippen LogP contribution in [-0.2, 0) is 12.0 Å². The van der Waals surface area contributed by atoms with Crippen LogP contribution in [0, 0.1) is 12.5 Å². The quantitative estimate of drug-likeness (QED) is 0.261. The summed E-state index contributed by atoms with van der Waals surface area (Å²) in [5.74, 6) is 2.65. The van der Waals surface area contributed by atoms with Gasteiger partial charge in [0.2, 0.25) is 0 Å². The van der Waals surface area contributed by atoms with E-state index in [0.717, 1.165) is 37.2 Å². The summed E-state index contributed by atoms with van der Waals surface area (Å²) in [4.78, 5) is 3.60. The van der Waals surface area contributed by atoms with Crippen molar-refractivity contribution in [1.82, 2.24) is 0 Å². The molecule has 1 fully saturated rings. The second-order valence-electron chi connectivity index (χ2n) is 11.9. The summed E-state index contributed by atoms with van der Waals surface area (Å²) < 4.78 is 13.4. The van der Waals surface area contributed by atoms with Gasteiger partial charge in [0, 0.05) is 17.4 Å². The summed E-state index contributed by atoms with van der Waals surface area (Å²) in [5.41, 5.74) is 4.71. The fourth-order valence-electron chi connectivity index (χ4n) is 6.21. The largest absolute Gasteiger partial charge is 0.488 e. The molecule has 1 heterocycles. The first-order chi connectivity index (χ1) is 17.2. The van der Waals surface area contributed by atoms with Crippen molar-refractivity contribution in [3.8, 4) is 11.5 Å². The van der Waals surface area contributed by atoms with Crippen molar-refractivity contribution >= 4 is 0 Å². The normalized spacial score (nSPS) is 21.7. The molecule has 2 aromatic rings. The highest BCUT2D eigenvalue weighted by molar-refractivity contribution is 5.54. The number of allylic oxidation sites excluding steroid dienone is 1.